The summed E-state index contributed by atoms with van der Waals surface area (Å²) in [6.45, 7) is 3.19. The van der Waals surface area contributed by atoms with E-state index in [-0.39, 0.29) is 43.4 Å². The summed E-state index contributed by atoms with van der Waals surface area (Å²) in [5, 5.41) is 7.94. The Hall–Kier alpha value is -5.82. The zero-order valence-electron chi connectivity index (χ0n) is 30.9. The lowest BCUT2D eigenvalue weighted by Gasteiger charge is -2.36. The smallest absolute Gasteiger partial charge is 0.369 e. The number of nitrogens with one attached hydrogen (secondary N) is 3. The molecule has 4 heterocycles. The number of imide groups is 1. The number of sulfonamides is 1. The van der Waals surface area contributed by atoms with Gasteiger partial charge in [0.1, 0.15) is 23.2 Å². The summed E-state index contributed by atoms with van der Waals surface area (Å²) in [5.74, 6) is -2.63. The minimum Gasteiger partial charge on any atom is -0.369 e. The summed E-state index contributed by atoms with van der Waals surface area (Å²) in [7, 11) is -2.15. The predicted molar refractivity (Wildman–Crippen MR) is 204 cm³/mol. The number of benzene rings is 3. The number of piperidine rings is 1. The minimum absolute atomic E-state index is 0.0342. The monoisotopic (exact) mass is 809 g/mol. The van der Waals surface area contributed by atoms with Crippen LogP contribution in [0.25, 0.3) is 0 Å². The van der Waals surface area contributed by atoms with Gasteiger partial charge in [0.05, 0.1) is 17.5 Å². The van der Waals surface area contributed by atoms with Crippen molar-refractivity contribution in [1.82, 2.24) is 25.1 Å². The molecule has 3 aromatic carbocycles. The van der Waals surface area contributed by atoms with E-state index in [1.54, 1.807) is 42.5 Å². The Balaban J connectivity index is 0.948. The zero-order valence-corrected chi connectivity index (χ0v) is 31.8. The third-order valence-electron chi connectivity index (χ3n) is 10.2. The first-order valence-corrected chi connectivity index (χ1v) is 19.9. The third-order valence-corrected chi connectivity index (χ3v) is 11.4. The number of halogens is 4. The third kappa shape index (κ3) is 8.78. The van der Waals surface area contributed by atoms with Gasteiger partial charge in [-0.3, -0.25) is 28.9 Å². The first-order valence-electron chi connectivity index (χ1n) is 18.0. The van der Waals surface area contributed by atoms with Crippen molar-refractivity contribution in [2.75, 3.05) is 59.3 Å². The van der Waals surface area contributed by atoms with E-state index in [1.165, 1.54) is 18.0 Å². The van der Waals surface area contributed by atoms with E-state index in [0.717, 1.165) is 16.2 Å². The summed E-state index contributed by atoms with van der Waals surface area (Å²) in [4.78, 5) is 50.7. The van der Waals surface area contributed by atoms with Gasteiger partial charge in [-0.05, 0) is 65.6 Å². The highest BCUT2D eigenvalue weighted by Crippen LogP contribution is 2.35. The number of alkyl halides is 3. The van der Waals surface area contributed by atoms with Crippen molar-refractivity contribution >= 4 is 56.6 Å². The molecule has 0 spiro atoms. The van der Waals surface area contributed by atoms with Crippen molar-refractivity contribution in [3.63, 3.8) is 0 Å². The number of amides is 3. The van der Waals surface area contributed by atoms with Crippen LogP contribution < -0.4 is 25.2 Å². The molecule has 14 nitrogen and oxygen atoms in total. The Morgan fingerprint density at radius 3 is 2.40 bits per heavy atom. The summed E-state index contributed by atoms with van der Waals surface area (Å²) >= 11 is 0. The molecule has 0 aliphatic carbocycles. The van der Waals surface area contributed by atoms with E-state index >= 15 is 4.39 Å². The van der Waals surface area contributed by atoms with E-state index in [1.807, 2.05) is 12.1 Å². The minimum atomic E-state index is -4.73. The SMILES string of the molecule is CN(c1cccc(CNc2nc(Nc3ccc(N4CCN(Cc5cc(F)c6c(c5)CN(C5CCC(=O)NC5=O)C6=O)CC4)cc3)ncc2C(F)(F)F)c1)S(C)(=O)=O. The van der Waals surface area contributed by atoms with Crippen LogP contribution in [-0.4, -0.2) is 91.4 Å². The van der Waals surface area contributed by atoms with Crippen LogP contribution in [0.3, 0.4) is 0 Å². The van der Waals surface area contributed by atoms with Crippen LogP contribution in [0.1, 0.15) is 45.5 Å². The fraction of sp³-hybridized carbons (Fsp3) is 0.342. The van der Waals surface area contributed by atoms with E-state index in [2.05, 4.69) is 35.7 Å². The predicted octanol–water partition coefficient (Wildman–Crippen LogP) is 4.47. The molecular formula is C38H39F4N9O5S. The molecule has 0 bridgehead atoms. The lowest BCUT2D eigenvalue weighted by atomic mass is 10.0. The highest BCUT2D eigenvalue weighted by Gasteiger charge is 2.41. The van der Waals surface area contributed by atoms with Gasteiger partial charge in [-0.25, -0.2) is 17.8 Å². The van der Waals surface area contributed by atoms with Gasteiger partial charge in [0.25, 0.3) is 5.91 Å². The fourth-order valence-electron chi connectivity index (χ4n) is 7.14. The second-order valence-corrected chi connectivity index (χ2v) is 16.2. The van der Waals surface area contributed by atoms with Gasteiger partial charge in [0.2, 0.25) is 27.8 Å². The molecule has 3 amide bonds. The Morgan fingerprint density at radius 1 is 0.982 bits per heavy atom. The van der Waals surface area contributed by atoms with Gasteiger partial charge < -0.3 is 20.4 Å². The molecule has 7 rings (SSSR count). The average molecular weight is 810 g/mol. The maximum Gasteiger partial charge on any atom is 0.421 e. The van der Waals surface area contributed by atoms with Crippen molar-refractivity contribution in [2.24, 2.45) is 0 Å². The number of fused-ring (bicyclic) bond motifs is 1. The second kappa shape index (κ2) is 15.6. The molecule has 3 aliphatic rings. The number of piperazine rings is 1. The van der Waals surface area contributed by atoms with Crippen molar-refractivity contribution in [1.29, 1.82) is 0 Å². The molecule has 3 aliphatic heterocycles. The number of hydrogen-bond acceptors (Lipinski definition) is 11. The van der Waals surface area contributed by atoms with Crippen LogP contribution >= 0.6 is 0 Å². The molecular weight excluding hydrogens is 771 g/mol. The Morgan fingerprint density at radius 2 is 1.72 bits per heavy atom. The van der Waals surface area contributed by atoms with Crippen LogP contribution in [0.4, 0.5) is 46.4 Å². The lowest BCUT2D eigenvalue weighted by molar-refractivity contribution is -0.138. The number of rotatable bonds is 11. The van der Waals surface area contributed by atoms with Gasteiger partial charge >= 0.3 is 6.18 Å². The molecule has 3 N–H and O–H groups in total. The van der Waals surface area contributed by atoms with Gasteiger partial charge in [-0.2, -0.15) is 18.2 Å². The molecule has 0 saturated carbocycles. The summed E-state index contributed by atoms with van der Waals surface area (Å²) in [5.41, 5.74) is 2.51. The number of anilines is 5. The maximum absolute atomic E-state index is 15.2. The highest BCUT2D eigenvalue weighted by molar-refractivity contribution is 7.92. The quantitative estimate of drug-likeness (QED) is 0.145. The second-order valence-electron chi connectivity index (χ2n) is 14.2. The van der Waals surface area contributed by atoms with Gasteiger partial charge in [-0.1, -0.05) is 18.2 Å². The topological polar surface area (TPSA) is 160 Å². The number of hydrogen-bond donors (Lipinski definition) is 3. The Bertz CT molecular complexity index is 2320. The molecule has 1 aromatic heterocycles. The van der Waals surface area contributed by atoms with Crippen LogP contribution in [0, 0.1) is 5.82 Å². The summed E-state index contributed by atoms with van der Waals surface area (Å²) < 4.78 is 81.9. The van der Waals surface area contributed by atoms with Gasteiger partial charge in [0, 0.05) is 76.9 Å². The average Bonchev–Trinajstić information content (AvgIpc) is 3.49. The molecule has 1 unspecified atom stereocenters. The summed E-state index contributed by atoms with van der Waals surface area (Å²) in [6.07, 6.45) is -2.67. The molecule has 4 aromatic rings. The van der Waals surface area contributed by atoms with Crippen LogP contribution in [-0.2, 0) is 45.4 Å². The van der Waals surface area contributed by atoms with Crippen LogP contribution in [0.15, 0.2) is 66.9 Å². The number of carbonyl (C=O) groups is 3. The fourth-order valence-corrected chi connectivity index (χ4v) is 7.64. The van der Waals surface area contributed by atoms with E-state index in [0.29, 0.717) is 67.0 Å². The number of aromatic nitrogens is 2. The molecule has 2 fully saturated rings. The van der Waals surface area contributed by atoms with Crippen LogP contribution in [0.2, 0.25) is 0 Å². The van der Waals surface area contributed by atoms with E-state index < -0.39 is 51.3 Å². The Kier molecular flexibility index (Phi) is 10.8. The van der Waals surface area contributed by atoms with E-state index in [9.17, 15) is 36.0 Å². The number of nitrogens with zero attached hydrogens (tertiary/aromatic N) is 6. The van der Waals surface area contributed by atoms with Crippen molar-refractivity contribution < 1.29 is 40.4 Å². The lowest BCUT2D eigenvalue weighted by Crippen LogP contribution is -2.52. The highest BCUT2D eigenvalue weighted by atomic mass is 32.2. The molecule has 19 heteroatoms. The first-order chi connectivity index (χ1) is 27.0. The molecule has 2 saturated heterocycles. The first kappa shape index (κ1) is 39.4. The van der Waals surface area contributed by atoms with Crippen molar-refractivity contribution in [3.8, 4) is 0 Å². The van der Waals surface area contributed by atoms with Gasteiger partial charge in [-0.15, -0.1) is 0 Å². The van der Waals surface area contributed by atoms with Crippen LogP contribution in [0.5, 0.6) is 0 Å². The Labute approximate surface area is 325 Å². The largest absolute Gasteiger partial charge is 0.421 e. The molecule has 300 valence electrons. The molecule has 57 heavy (non-hydrogen) atoms. The van der Waals surface area contributed by atoms with Crippen molar-refractivity contribution in [2.45, 2.75) is 44.7 Å². The normalized spacial score (nSPS) is 17.7. The van der Waals surface area contributed by atoms with Crippen molar-refractivity contribution in [3.05, 3.63) is 100 Å². The zero-order chi connectivity index (χ0) is 40.6. The maximum atomic E-state index is 15.2. The van der Waals surface area contributed by atoms with Gasteiger partial charge in [0.15, 0.2) is 0 Å². The summed E-state index contributed by atoms with van der Waals surface area (Å²) in [6, 6.07) is 16.1. The molecule has 0 radical (unpaired) electrons. The molecule has 1 atom stereocenters. The standard InChI is InChI=1S/C38H39F4N9O5S/c1-48(57(2,55)56)28-5-3-4-23(17-28)19-43-34-29(38(40,41)42)20-44-37(47-34)45-26-6-8-27(9-7-26)50-14-12-49(13-15-50)21-24-16-25-22-51(36(54)33(25)30(39)18-24)31-10-11-32(52)46-35(31)53/h3-9,16-18,20,31H,10-15,19,21-22H2,1-2H3,(H,46,52,53)(H2,43,44,45,47). The number of carbonyl (C=O) groups excluding carboxylic acids is 3. The van der Waals surface area contributed by atoms with E-state index in [4.69, 9.17) is 0 Å².